The van der Waals surface area contributed by atoms with Crippen LogP contribution < -0.4 is 10.6 Å². The van der Waals surface area contributed by atoms with Crippen molar-refractivity contribution in [2.75, 3.05) is 32.5 Å². The summed E-state index contributed by atoms with van der Waals surface area (Å²) in [6.45, 7) is 2.82. The number of hydrogen-bond acceptors (Lipinski definition) is 7. The van der Waals surface area contributed by atoms with Gasteiger partial charge in [-0.3, -0.25) is 4.98 Å². The largest absolute Gasteiger partial charge is 0.354 e. The fraction of sp³-hybridized carbons (Fsp3) is 0.161. The molecule has 196 valence electrons. The van der Waals surface area contributed by atoms with Crippen LogP contribution in [0.15, 0.2) is 94.2 Å². The summed E-state index contributed by atoms with van der Waals surface area (Å²) in [5.74, 6) is 0. The van der Waals surface area contributed by atoms with Gasteiger partial charge >= 0.3 is 0 Å². The van der Waals surface area contributed by atoms with Crippen molar-refractivity contribution < 1.29 is 0 Å². The van der Waals surface area contributed by atoms with Crippen LogP contribution >= 0.6 is 34.7 Å². The third-order valence-corrected chi connectivity index (χ3v) is 8.63. The average Bonchev–Trinajstić information content (AvgIpc) is 3.42. The smallest absolute Gasteiger partial charge is 0.103 e. The Kier molecular flexibility index (Phi) is 8.82. The van der Waals surface area contributed by atoms with Crippen molar-refractivity contribution in [2.45, 2.75) is 16.3 Å². The van der Waals surface area contributed by atoms with E-state index in [9.17, 15) is 5.26 Å². The first-order chi connectivity index (χ1) is 19.0. The predicted molar refractivity (Wildman–Crippen MR) is 165 cm³/mol. The lowest BCUT2D eigenvalue weighted by molar-refractivity contribution is 0.400. The maximum atomic E-state index is 9.81. The molecule has 5 nitrogen and oxygen atoms in total. The summed E-state index contributed by atoms with van der Waals surface area (Å²) < 4.78 is 0. The van der Waals surface area contributed by atoms with Crippen molar-refractivity contribution >= 4 is 57.0 Å². The monoisotopic (exact) mass is 569 g/mol. The minimum atomic E-state index is 0.482. The van der Waals surface area contributed by atoms with Crippen LogP contribution in [0, 0.1) is 11.3 Å². The zero-order valence-electron chi connectivity index (χ0n) is 21.7. The van der Waals surface area contributed by atoms with Crippen LogP contribution in [-0.4, -0.2) is 37.1 Å². The van der Waals surface area contributed by atoms with Crippen molar-refractivity contribution in [3.8, 4) is 17.2 Å². The molecule has 0 unspecified atom stereocenters. The second kappa shape index (κ2) is 12.6. The minimum Gasteiger partial charge on any atom is -0.354 e. The van der Waals surface area contributed by atoms with Crippen LogP contribution in [0.2, 0.25) is 5.02 Å². The predicted octanol–water partition coefficient (Wildman–Crippen LogP) is 8.03. The third kappa shape index (κ3) is 6.80. The molecule has 2 aromatic heterocycles. The molecule has 0 fully saturated rings. The quantitative estimate of drug-likeness (QED) is 0.166. The first-order valence-electron chi connectivity index (χ1n) is 12.6. The Balaban J connectivity index is 1.36. The lowest BCUT2D eigenvalue weighted by Crippen LogP contribution is -2.25. The minimum absolute atomic E-state index is 0.482. The van der Waals surface area contributed by atoms with E-state index in [1.807, 2.05) is 42.5 Å². The SMILES string of the molecule is CN(C)CCNCc1cc(-c2ccc3c(Nc4ccc(Sc5ccccc5)c(Cl)c4)c(C#N)cnc3c2)cs1. The van der Waals surface area contributed by atoms with E-state index < -0.39 is 0 Å². The zero-order valence-corrected chi connectivity index (χ0v) is 24.1. The molecule has 0 amide bonds. The van der Waals surface area contributed by atoms with Gasteiger partial charge < -0.3 is 15.5 Å². The van der Waals surface area contributed by atoms with Gasteiger partial charge in [-0.05, 0) is 73.1 Å². The molecule has 0 bridgehead atoms. The second-order valence-corrected chi connectivity index (χ2v) is 11.9. The Morgan fingerprint density at radius 1 is 1.03 bits per heavy atom. The van der Waals surface area contributed by atoms with E-state index in [0.29, 0.717) is 10.6 Å². The zero-order chi connectivity index (χ0) is 27.2. The van der Waals surface area contributed by atoms with Crippen molar-refractivity contribution in [3.63, 3.8) is 0 Å². The van der Waals surface area contributed by atoms with Crippen LogP contribution in [0.1, 0.15) is 10.4 Å². The van der Waals surface area contributed by atoms with Gasteiger partial charge in [-0.15, -0.1) is 11.3 Å². The normalized spacial score (nSPS) is 11.2. The van der Waals surface area contributed by atoms with Crippen LogP contribution in [0.3, 0.4) is 0 Å². The summed E-state index contributed by atoms with van der Waals surface area (Å²) in [6, 6.07) is 26.7. The number of nitrogens with zero attached hydrogens (tertiary/aromatic N) is 3. The fourth-order valence-corrected chi connectivity index (χ4v) is 6.15. The number of thiophene rings is 1. The number of fused-ring (bicyclic) bond motifs is 1. The van der Waals surface area contributed by atoms with E-state index in [-0.39, 0.29) is 0 Å². The lowest BCUT2D eigenvalue weighted by Gasteiger charge is -2.13. The van der Waals surface area contributed by atoms with Crippen LogP contribution in [-0.2, 0) is 6.54 Å². The molecule has 5 aromatic rings. The molecule has 0 spiro atoms. The Bertz CT molecular complexity index is 1630. The summed E-state index contributed by atoms with van der Waals surface area (Å²) in [5.41, 5.74) is 5.13. The number of pyridine rings is 1. The van der Waals surface area contributed by atoms with Gasteiger partial charge in [0.2, 0.25) is 0 Å². The fourth-order valence-electron chi connectivity index (χ4n) is 4.15. The molecule has 0 saturated carbocycles. The van der Waals surface area contributed by atoms with Gasteiger partial charge in [-0.1, -0.05) is 53.7 Å². The molecule has 0 saturated heterocycles. The number of anilines is 2. The first kappa shape index (κ1) is 27.2. The molecule has 39 heavy (non-hydrogen) atoms. The van der Waals surface area contributed by atoms with Gasteiger partial charge in [0, 0.05) is 51.6 Å². The number of nitrogens with one attached hydrogen (secondary N) is 2. The van der Waals surface area contributed by atoms with Crippen LogP contribution in [0.4, 0.5) is 11.4 Å². The Labute approximate surface area is 242 Å². The highest BCUT2D eigenvalue weighted by molar-refractivity contribution is 7.99. The number of halogens is 1. The van der Waals surface area contributed by atoms with Crippen molar-refractivity contribution in [3.05, 3.63) is 99.8 Å². The summed E-state index contributed by atoms with van der Waals surface area (Å²) in [7, 11) is 4.16. The van der Waals surface area contributed by atoms with Crippen molar-refractivity contribution in [1.29, 1.82) is 5.26 Å². The van der Waals surface area contributed by atoms with Gasteiger partial charge in [-0.25, -0.2) is 0 Å². The number of nitriles is 1. The van der Waals surface area contributed by atoms with E-state index in [2.05, 4.69) is 76.4 Å². The molecule has 3 aromatic carbocycles. The average molecular weight is 570 g/mol. The molecule has 0 aliphatic carbocycles. The number of benzene rings is 3. The topological polar surface area (TPSA) is 64.0 Å². The molecular formula is C31H28ClN5S2. The molecule has 8 heteroatoms. The second-order valence-electron chi connectivity index (χ2n) is 9.36. The van der Waals surface area contributed by atoms with E-state index in [4.69, 9.17) is 11.6 Å². The Morgan fingerprint density at radius 2 is 1.87 bits per heavy atom. The highest BCUT2D eigenvalue weighted by Crippen LogP contribution is 2.37. The van der Waals surface area contributed by atoms with Gasteiger partial charge in [0.15, 0.2) is 0 Å². The number of likely N-dealkylation sites (N-methyl/N-ethyl adjacent to an activating group) is 1. The molecule has 0 radical (unpaired) electrons. The Hall–Kier alpha value is -3.38. The molecule has 2 N–H and O–H groups in total. The van der Waals surface area contributed by atoms with Gasteiger partial charge in [0.1, 0.15) is 6.07 Å². The summed E-state index contributed by atoms with van der Waals surface area (Å²) in [5, 5.41) is 20.5. The molecule has 0 atom stereocenters. The maximum absolute atomic E-state index is 9.81. The highest BCUT2D eigenvalue weighted by Gasteiger charge is 2.13. The molecule has 5 rings (SSSR count). The van der Waals surface area contributed by atoms with Gasteiger partial charge in [-0.2, -0.15) is 5.26 Å². The number of rotatable bonds is 10. The summed E-state index contributed by atoms with van der Waals surface area (Å²) >= 11 is 10.0. The maximum Gasteiger partial charge on any atom is 0.103 e. The van der Waals surface area contributed by atoms with Crippen LogP contribution in [0.25, 0.3) is 22.0 Å². The third-order valence-electron chi connectivity index (χ3n) is 6.18. The van der Waals surface area contributed by atoms with Crippen molar-refractivity contribution in [2.24, 2.45) is 0 Å². The summed E-state index contributed by atoms with van der Waals surface area (Å²) in [6.07, 6.45) is 1.63. The number of hydrogen-bond donors (Lipinski definition) is 2. The van der Waals surface area contributed by atoms with Gasteiger partial charge in [0.25, 0.3) is 0 Å². The molecule has 0 aliphatic rings. The van der Waals surface area contributed by atoms with E-state index in [1.54, 1.807) is 29.3 Å². The number of aromatic nitrogens is 1. The molecule has 2 heterocycles. The molecular weight excluding hydrogens is 542 g/mol. The first-order valence-corrected chi connectivity index (χ1v) is 14.6. The summed E-state index contributed by atoms with van der Waals surface area (Å²) in [4.78, 5) is 10.2. The van der Waals surface area contributed by atoms with Crippen LogP contribution in [0.5, 0.6) is 0 Å². The van der Waals surface area contributed by atoms with Crippen molar-refractivity contribution in [1.82, 2.24) is 15.2 Å². The van der Waals surface area contributed by atoms with E-state index in [1.165, 1.54) is 10.4 Å². The highest BCUT2D eigenvalue weighted by atomic mass is 35.5. The van der Waals surface area contributed by atoms with E-state index >= 15 is 0 Å². The standard InChI is InChI=1S/C31H28ClN5S2/c1-37(2)13-12-34-19-26-14-22(20-38-26)21-8-10-27-29(15-21)35-18-23(17-33)31(27)36-24-9-11-30(28(32)16-24)39-25-6-4-3-5-7-25/h3-11,14-16,18,20,34H,12-13,19H2,1-2H3,(H,35,36). The van der Waals surface area contributed by atoms with Gasteiger partial charge in [0.05, 0.1) is 21.8 Å². The van der Waals surface area contributed by atoms with E-state index in [0.717, 1.165) is 57.3 Å². The molecule has 0 aliphatic heterocycles. The lowest BCUT2D eigenvalue weighted by atomic mass is 10.0. The Morgan fingerprint density at radius 3 is 2.64 bits per heavy atom.